The number of aromatic nitrogens is 6. The average molecular weight is 241 g/mol. The van der Waals surface area contributed by atoms with Gasteiger partial charge in [-0.2, -0.15) is 15.0 Å². The zero-order chi connectivity index (χ0) is 11.5. The molecule has 2 aromatic heterocycles. The summed E-state index contributed by atoms with van der Waals surface area (Å²) < 4.78 is 1.78. The molecule has 9 heteroatoms. The monoisotopic (exact) mass is 240 g/mol. The standard InChI is InChI=1S/C7H9ClN8/c1-16-3-11-15-4(16)2-10-7-13-5(8)12-6(9)14-7/h3H,2H2,1H3,(H3,9,10,12,13,14). The van der Waals surface area contributed by atoms with Crippen LogP contribution in [0.3, 0.4) is 0 Å². The molecule has 0 atom stereocenters. The van der Waals surface area contributed by atoms with E-state index in [1.807, 2.05) is 7.05 Å². The molecule has 0 aliphatic rings. The second kappa shape index (κ2) is 4.27. The molecular weight excluding hydrogens is 232 g/mol. The van der Waals surface area contributed by atoms with Crippen molar-refractivity contribution >= 4 is 23.5 Å². The molecule has 0 spiro atoms. The van der Waals surface area contributed by atoms with E-state index in [4.69, 9.17) is 17.3 Å². The minimum atomic E-state index is 0.0490. The summed E-state index contributed by atoms with van der Waals surface area (Å²) in [6.07, 6.45) is 1.60. The third-order valence-corrected chi connectivity index (χ3v) is 2.00. The van der Waals surface area contributed by atoms with Crippen molar-refractivity contribution in [3.05, 3.63) is 17.4 Å². The Kier molecular flexibility index (Phi) is 2.82. The topological polar surface area (TPSA) is 107 Å². The fourth-order valence-electron chi connectivity index (χ4n) is 1.07. The molecule has 0 bridgehead atoms. The van der Waals surface area contributed by atoms with Gasteiger partial charge in [0.1, 0.15) is 6.33 Å². The molecule has 8 nitrogen and oxygen atoms in total. The second-order valence-electron chi connectivity index (χ2n) is 3.00. The van der Waals surface area contributed by atoms with Crippen molar-refractivity contribution in [1.82, 2.24) is 29.7 Å². The summed E-state index contributed by atoms with van der Waals surface area (Å²) in [4.78, 5) is 11.4. The lowest BCUT2D eigenvalue weighted by molar-refractivity contribution is 0.806. The van der Waals surface area contributed by atoms with Crippen LogP contribution in [0.4, 0.5) is 11.9 Å². The van der Waals surface area contributed by atoms with Crippen molar-refractivity contribution in [3.8, 4) is 0 Å². The van der Waals surface area contributed by atoms with Gasteiger partial charge in [0.15, 0.2) is 5.82 Å². The van der Waals surface area contributed by atoms with Crippen LogP contribution < -0.4 is 11.1 Å². The van der Waals surface area contributed by atoms with Crippen LogP contribution in [0, 0.1) is 0 Å². The van der Waals surface area contributed by atoms with Crippen LogP contribution in [-0.2, 0) is 13.6 Å². The molecule has 0 aliphatic carbocycles. The Balaban J connectivity index is 2.07. The van der Waals surface area contributed by atoms with Gasteiger partial charge in [-0.25, -0.2) is 0 Å². The van der Waals surface area contributed by atoms with Crippen LogP contribution in [-0.4, -0.2) is 29.7 Å². The smallest absolute Gasteiger partial charge is 0.229 e. The number of nitrogens with two attached hydrogens (primary N) is 1. The van der Waals surface area contributed by atoms with E-state index >= 15 is 0 Å². The molecule has 0 aromatic carbocycles. The number of rotatable bonds is 3. The Hall–Kier alpha value is -1.96. The van der Waals surface area contributed by atoms with Gasteiger partial charge in [-0.3, -0.25) is 0 Å². The van der Waals surface area contributed by atoms with Gasteiger partial charge in [0.2, 0.25) is 17.2 Å². The number of halogens is 1. The fraction of sp³-hybridized carbons (Fsp3) is 0.286. The van der Waals surface area contributed by atoms with Crippen LogP contribution in [0.2, 0.25) is 5.28 Å². The second-order valence-corrected chi connectivity index (χ2v) is 3.34. The molecule has 2 heterocycles. The lowest BCUT2D eigenvalue weighted by Crippen LogP contribution is -2.10. The Morgan fingerprint density at radius 3 is 2.88 bits per heavy atom. The third kappa shape index (κ3) is 2.34. The lowest BCUT2D eigenvalue weighted by atomic mass is 10.6. The Morgan fingerprint density at radius 1 is 1.44 bits per heavy atom. The van der Waals surface area contributed by atoms with E-state index in [1.54, 1.807) is 10.9 Å². The van der Waals surface area contributed by atoms with Crippen molar-refractivity contribution in [2.45, 2.75) is 6.54 Å². The number of nitrogens with zero attached hydrogens (tertiary/aromatic N) is 6. The molecule has 0 fully saturated rings. The first kappa shape index (κ1) is 10.6. The quantitative estimate of drug-likeness (QED) is 0.768. The highest BCUT2D eigenvalue weighted by Crippen LogP contribution is 2.07. The number of aryl methyl sites for hydroxylation is 1. The molecule has 2 rings (SSSR count). The van der Waals surface area contributed by atoms with Crippen molar-refractivity contribution < 1.29 is 0 Å². The van der Waals surface area contributed by atoms with Gasteiger partial charge in [-0.05, 0) is 11.6 Å². The highest BCUT2D eigenvalue weighted by atomic mass is 35.5. The molecule has 0 unspecified atom stereocenters. The van der Waals surface area contributed by atoms with E-state index in [0.717, 1.165) is 5.82 Å². The maximum Gasteiger partial charge on any atom is 0.229 e. The first-order valence-corrected chi connectivity index (χ1v) is 4.77. The fourth-order valence-corrected chi connectivity index (χ4v) is 1.24. The summed E-state index contributed by atoms with van der Waals surface area (Å²) in [6, 6.07) is 0. The first-order chi connectivity index (χ1) is 7.65. The van der Waals surface area contributed by atoms with Crippen molar-refractivity contribution in [3.63, 3.8) is 0 Å². The maximum absolute atomic E-state index is 5.63. The Morgan fingerprint density at radius 2 is 2.25 bits per heavy atom. The summed E-state index contributed by atoms with van der Waals surface area (Å²) in [7, 11) is 1.84. The zero-order valence-corrected chi connectivity index (χ0v) is 9.18. The molecule has 2 aromatic rings. The van der Waals surface area contributed by atoms with Crippen LogP contribution >= 0.6 is 11.6 Å². The number of anilines is 2. The number of hydrogen-bond acceptors (Lipinski definition) is 7. The normalized spacial score (nSPS) is 10.4. The molecule has 0 radical (unpaired) electrons. The average Bonchev–Trinajstić information content (AvgIpc) is 2.59. The Bertz CT molecular complexity index is 475. The minimum absolute atomic E-state index is 0.0490. The van der Waals surface area contributed by atoms with E-state index in [-0.39, 0.29) is 11.2 Å². The largest absolute Gasteiger partial charge is 0.368 e. The highest BCUT2D eigenvalue weighted by molar-refractivity contribution is 6.28. The van der Waals surface area contributed by atoms with Crippen molar-refractivity contribution in [2.24, 2.45) is 7.05 Å². The number of nitrogens with one attached hydrogen (secondary N) is 1. The van der Waals surface area contributed by atoms with Gasteiger partial charge in [0, 0.05) is 7.05 Å². The molecule has 0 aliphatic heterocycles. The van der Waals surface area contributed by atoms with Crippen LogP contribution in [0.5, 0.6) is 0 Å². The molecule has 0 amide bonds. The van der Waals surface area contributed by atoms with E-state index in [0.29, 0.717) is 12.5 Å². The Labute approximate surface area is 95.9 Å². The van der Waals surface area contributed by atoms with E-state index in [9.17, 15) is 0 Å². The minimum Gasteiger partial charge on any atom is -0.368 e. The highest BCUT2D eigenvalue weighted by Gasteiger charge is 2.04. The summed E-state index contributed by atoms with van der Waals surface area (Å²) >= 11 is 5.63. The molecule has 0 saturated heterocycles. The van der Waals surface area contributed by atoms with Gasteiger partial charge < -0.3 is 15.6 Å². The SMILES string of the molecule is Cn1cnnc1CNc1nc(N)nc(Cl)n1. The maximum atomic E-state index is 5.63. The lowest BCUT2D eigenvalue weighted by Gasteiger charge is -2.04. The first-order valence-electron chi connectivity index (χ1n) is 4.39. The van der Waals surface area contributed by atoms with E-state index < -0.39 is 0 Å². The van der Waals surface area contributed by atoms with Gasteiger partial charge in [0.05, 0.1) is 6.54 Å². The summed E-state index contributed by atoms with van der Waals surface area (Å²) in [6.45, 7) is 0.427. The molecule has 3 N–H and O–H groups in total. The summed E-state index contributed by atoms with van der Waals surface area (Å²) in [5, 5.41) is 10.6. The van der Waals surface area contributed by atoms with Gasteiger partial charge >= 0.3 is 0 Å². The predicted molar refractivity (Wildman–Crippen MR) is 57.6 cm³/mol. The zero-order valence-electron chi connectivity index (χ0n) is 8.42. The van der Waals surface area contributed by atoms with E-state index in [2.05, 4.69) is 30.5 Å². The summed E-state index contributed by atoms with van der Waals surface area (Å²) in [5.41, 5.74) is 5.42. The van der Waals surface area contributed by atoms with Gasteiger partial charge in [0.25, 0.3) is 0 Å². The molecule has 0 saturated carbocycles. The van der Waals surface area contributed by atoms with Crippen molar-refractivity contribution in [2.75, 3.05) is 11.1 Å². The van der Waals surface area contributed by atoms with Crippen LogP contribution in [0.1, 0.15) is 5.82 Å². The van der Waals surface area contributed by atoms with Crippen LogP contribution in [0.15, 0.2) is 6.33 Å². The van der Waals surface area contributed by atoms with Crippen molar-refractivity contribution in [1.29, 1.82) is 0 Å². The van der Waals surface area contributed by atoms with Gasteiger partial charge in [-0.1, -0.05) is 0 Å². The third-order valence-electron chi connectivity index (χ3n) is 1.84. The molecular formula is C7H9ClN8. The summed E-state index contributed by atoms with van der Waals surface area (Å²) in [5.74, 6) is 1.12. The van der Waals surface area contributed by atoms with Crippen LogP contribution in [0.25, 0.3) is 0 Å². The molecule has 84 valence electrons. The predicted octanol–water partition coefficient (Wildman–Crippen LogP) is -0.152. The number of nitrogen functional groups attached to an aromatic ring is 1. The molecule has 16 heavy (non-hydrogen) atoms. The van der Waals surface area contributed by atoms with E-state index in [1.165, 1.54) is 0 Å². The number of hydrogen-bond donors (Lipinski definition) is 2. The van der Waals surface area contributed by atoms with Gasteiger partial charge in [-0.15, -0.1) is 10.2 Å².